The quantitative estimate of drug-likeness (QED) is 0.660. The van der Waals surface area contributed by atoms with Gasteiger partial charge in [-0.25, -0.2) is 0 Å². The molecule has 2 rings (SSSR count). The van der Waals surface area contributed by atoms with E-state index in [1.165, 1.54) is 32.2 Å². The van der Waals surface area contributed by atoms with Crippen LogP contribution in [-0.4, -0.2) is 19.1 Å². The molecular weight excluding hydrogens is 148 g/mol. The molecule has 2 aliphatic carbocycles. The zero-order valence-electron chi connectivity index (χ0n) is 7.97. The molecule has 70 valence electrons. The Kier molecular flexibility index (Phi) is 2.13. The van der Waals surface area contributed by atoms with E-state index in [4.69, 9.17) is 5.73 Å². The number of rotatable bonds is 4. The Balaban J connectivity index is 1.63. The summed E-state index contributed by atoms with van der Waals surface area (Å²) in [7, 11) is 0. The molecule has 2 fully saturated rings. The smallest absolute Gasteiger partial charge is 0.00723 e. The monoisotopic (exact) mass is 168 g/mol. The average Bonchev–Trinajstić information content (AvgIpc) is 2.77. The van der Waals surface area contributed by atoms with Crippen molar-refractivity contribution in [3.8, 4) is 0 Å². The first-order valence-corrected chi connectivity index (χ1v) is 5.18. The molecule has 3 N–H and O–H groups in total. The van der Waals surface area contributed by atoms with Crippen molar-refractivity contribution in [3.63, 3.8) is 0 Å². The first-order valence-electron chi connectivity index (χ1n) is 5.18. The molecule has 0 aromatic rings. The average molecular weight is 168 g/mol. The predicted octanol–water partition coefficient (Wildman–Crippen LogP) is 1.11. The van der Waals surface area contributed by atoms with Gasteiger partial charge in [0, 0.05) is 12.6 Å². The summed E-state index contributed by atoms with van der Waals surface area (Å²) in [4.78, 5) is 0. The molecule has 12 heavy (non-hydrogen) atoms. The molecular formula is C10H20N2. The molecule has 0 radical (unpaired) electrons. The molecule has 0 aromatic carbocycles. The fraction of sp³-hybridized carbons (Fsp3) is 1.00. The first kappa shape index (κ1) is 8.52. The highest BCUT2D eigenvalue weighted by Crippen LogP contribution is 2.44. The summed E-state index contributed by atoms with van der Waals surface area (Å²) >= 11 is 0. The Hall–Kier alpha value is -0.0800. The zero-order valence-corrected chi connectivity index (χ0v) is 7.97. The molecule has 0 unspecified atom stereocenters. The summed E-state index contributed by atoms with van der Waals surface area (Å²) in [6.45, 7) is 4.37. The standard InChI is InChI=1S/C10H20N2/c1-8-4-9(5-8)12-7-10(6-11)2-3-10/h8-9,12H,2-7,11H2,1H3. The maximum Gasteiger partial charge on any atom is 0.00723 e. The van der Waals surface area contributed by atoms with Crippen LogP contribution in [0.2, 0.25) is 0 Å². The first-order chi connectivity index (χ1) is 5.74. The SMILES string of the molecule is CC1CC(NCC2(CN)CC2)C1. The van der Waals surface area contributed by atoms with Crippen LogP contribution in [0.3, 0.4) is 0 Å². The summed E-state index contributed by atoms with van der Waals surface area (Å²) < 4.78 is 0. The molecule has 0 amide bonds. The third-order valence-electron chi connectivity index (χ3n) is 3.53. The van der Waals surface area contributed by atoms with Crippen LogP contribution in [0, 0.1) is 11.3 Å². The van der Waals surface area contributed by atoms with Crippen LogP contribution >= 0.6 is 0 Å². The second-order valence-electron chi connectivity index (χ2n) is 4.86. The number of hydrogen-bond acceptors (Lipinski definition) is 2. The molecule has 2 heteroatoms. The van der Waals surface area contributed by atoms with E-state index in [0.29, 0.717) is 5.41 Å². The molecule has 0 heterocycles. The summed E-state index contributed by atoms with van der Waals surface area (Å²) in [6.07, 6.45) is 5.44. The van der Waals surface area contributed by atoms with Crippen molar-refractivity contribution in [1.82, 2.24) is 5.32 Å². The summed E-state index contributed by atoms with van der Waals surface area (Å²) in [5.41, 5.74) is 6.21. The summed E-state index contributed by atoms with van der Waals surface area (Å²) in [6, 6.07) is 0.809. The Bertz CT molecular complexity index is 157. The minimum atomic E-state index is 0.513. The van der Waals surface area contributed by atoms with Crippen molar-refractivity contribution in [2.75, 3.05) is 13.1 Å². The lowest BCUT2D eigenvalue weighted by Gasteiger charge is -2.34. The largest absolute Gasteiger partial charge is 0.330 e. The van der Waals surface area contributed by atoms with E-state index in [-0.39, 0.29) is 0 Å². The van der Waals surface area contributed by atoms with Gasteiger partial charge in [0.05, 0.1) is 0 Å². The Morgan fingerprint density at radius 3 is 2.50 bits per heavy atom. The fourth-order valence-electron chi connectivity index (χ4n) is 2.06. The summed E-state index contributed by atoms with van der Waals surface area (Å²) in [5.74, 6) is 0.954. The molecule has 0 saturated heterocycles. The van der Waals surface area contributed by atoms with E-state index in [2.05, 4.69) is 12.2 Å². The molecule has 0 aromatic heterocycles. The van der Waals surface area contributed by atoms with Crippen molar-refractivity contribution in [1.29, 1.82) is 0 Å². The van der Waals surface area contributed by atoms with E-state index in [9.17, 15) is 0 Å². The third kappa shape index (κ3) is 1.64. The summed E-state index contributed by atoms with van der Waals surface area (Å²) in [5, 5.41) is 3.62. The van der Waals surface area contributed by atoms with Crippen LogP contribution in [0.4, 0.5) is 0 Å². The van der Waals surface area contributed by atoms with Gasteiger partial charge < -0.3 is 11.1 Å². The molecule has 2 aliphatic rings. The van der Waals surface area contributed by atoms with Crippen LogP contribution in [0.1, 0.15) is 32.6 Å². The van der Waals surface area contributed by atoms with Gasteiger partial charge in [-0.2, -0.15) is 0 Å². The molecule has 0 atom stereocenters. The van der Waals surface area contributed by atoms with Gasteiger partial charge in [0.2, 0.25) is 0 Å². The van der Waals surface area contributed by atoms with Gasteiger partial charge in [0.15, 0.2) is 0 Å². The molecule has 0 aliphatic heterocycles. The van der Waals surface area contributed by atoms with Crippen LogP contribution in [0.15, 0.2) is 0 Å². The Morgan fingerprint density at radius 1 is 1.42 bits per heavy atom. The molecule has 2 nitrogen and oxygen atoms in total. The number of nitrogens with one attached hydrogen (secondary N) is 1. The molecule has 0 spiro atoms. The second kappa shape index (κ2) is 3.00. The van der Waals surface area contributed by atoms with Gasteiger partial charge >= 0.3 is 0 Å². The van der Waals surface area contributed by atoms with E-state index < -0.39 is 0 Å². The van der Waals surface area contributed by atoms with Crippen molar-refractivity contribution in [3.05, 3.63) is 0 Å². The van der Waals surface area contributed by atoms with Crippen LogP contribution in [0.25, 0.3) is 0 Å². The molecule has 0 bridgehead atoms. The van der Waals surface area contributed by atoms with Crippen LogP contribution in [-0.2, 0) is 0 Å². The van der Waals surface area contributed by atoms with Crippen molar-refractivity contribution < 1.29 is 0 Å². The van der Waals surface area contributed by atoms with E-state index >= 15 is 0 Å². The predicted molar refractivity (Wildman–Crippen MR) is 50.9 cm³/mol. The lowest BCUT2D eigenvalue weighted by Crippen LogP contribution is -2.43. The topological polar surface area (TPSA) is 38.0 Å². The maximum absolute atomic E-state index is 5.70. The van der Waals surface area contributed by atoms with E-state index in [1.807, 2.05) is 0 Å². The van der Waals surface area contributed by atoms with E-state index in [0.717, 1.165) is 18.5 Å². The van der Waals surface area contributed by atoms with Crippen LogP contribution < -0.4 is 11.1 Å². The van der Waals surface area contributed by atoms with Gasteiger partial charge in [0.25, 0.3) is 0 Å². The number of hydrogen-bond donors (Lipinski definition) is 2. The van der Waals surface area contributed by atoms with Crippen molar-refractivity contribution in [2.45, 2.75) is 38.6 Å². The minimum absolute atomic E-state index is 0.513. The van der Waals surface area contributed by atoms with E-state index in [1.54, 1.807) is 0 Å². The van der Waals surface area contributed by atoms with Crippen molar-refractivity contribution >= 4 is 0 Å². The Morgan fingerprint density at radius 2 is 2.08 bits per heavy atom. The van der Waals surface area contributed by atoms with Crippen molar-refractivity contribution in [2.24, 2.45) is 17.1 Å². The highest BCUT2D eigenvalue weighted by atomic mass is 15.0. The lowest BCUT2D eigenvalue weighted by molar-refractivity contribution is 0.229. The van der Waals surface area contributed by atoms with Gasteiger partial charge in [-0.1, -0.05) is 6.92 Å². The third-order valence-corrected chi connectivity index (χ3v) is 3.53. The zero-order chi connectivity index (χ0) is 8.60. The number of nitrogens with two attached hydrogens (primary N) is 1. The fourth-order valence-corrected chi connectivity index (χ4v) is 2.06. The highest BCUT2D eigenvalue weighted by molar-refractivity contribution is 4.97. The van der Waals surface area contributed by atoms with Gasteiger partial charge in [-0.05, 0) is 43.6 Å². The van der Waals surface area contributed by atoms with Crippen LogP contribution in [0.5, 0.6) is 0 Å². The van der Waals surface area contributed by atoms with Gasteiger partial charge in [-0.15, -0.1) is 0 Å². The van der Waals surface area contributed by atoms with Gasteiger partial charge in [-0.3, -0.25) is 0 Å². The highest BCUT2D eigenvalue weighted by Gasteiger charge is 2.41. The molecule has 2 saturated carbocycles. The minimum Gasteiger partial charge on any atom is -0.330 e. The normalized spacial score (nSPS) is 37.5. The lowest BCUT2D eigenvalue weighted by atomic mass is 9.81. The second-order valence-corrected chi connectivity index (χ2v) is 4.86. The van der Waals surface area contributed by atoms with Gasteiger partial charge in [0.1, 0.15) is 0 Å². The maximum atomic E-state index is 5.70. The Labute approximate surface area is 74.9 Å².